The molecule has 0 radical (unpaired) electrons. The Labute approximate surface area is 180 Å². The topological polar surface area (TPSA) is 111 Å². The van der Waals surface area contributed by atoms with E-state index < -0.39 is 17.8 Å². The molecule has 8 heteroatoms. The fraction of sp³-hybridized carbons (Fsp3) is 0.304. The average Bonchev–Trinajstić information content (AvgIpc) is 2.78. The summed E-state index contributed by atoms with van der Waals surface area (Å²) in [4.78, 5) is 47.0. The molecule has 0 bridgehead atoms. The fourth-order valence-electron chi connectivity index (χ4n) is 2.66. The van der Waals surface area contributed by atoms with Crippen LogP contribution < -0.4 is 10.6 Å². The maximum absolute atomic E-state index is 12.0. The van der Waals surface area contributed by atoms with Gasteiger partial charge in [-0.1, -0.05) is 19.1 Å². The van der Waals surface area contributed by atoms with Crippen LogP contribution in [0.25, 0.3) is 0 Å². The second kappa shape index (κ2) is 12.1. The van der Waals surface area contributed by atoms with E-state index in [4.69, 9.17) is 4.74 Å². The molecule has 0 saturated carbocycles. The van der Waals surface area contributed by atoms with Gasteiger partial charge in [0.15, 0.2) is 6.61 Å². The van der Waals surface area contributed by atoms with Gasteiger partial charge in [0.2, 0.25) is 5.91 Å². The molecule has 2 aromatic rings. The lowest BCUT2D eigenvalue weighted by Gasteiger charge is -2.08. The van der Waals surface area contributed by atoms with Crippen molar-refractivity contribution in [2.45, 2.75) is 32.6 Å². The molecule has 164 valence electrons. The number of rotatable bonds is 10. The number of benzene rings is 2. The molecule has 2 rings (SSSR count). The third-order valence-electron chi connectivity index (χ3n) is 4.38. The molecule has 0 aliphatic carbocycles. The van der Waals surface area contributed by atoms with Crippen molar-refractivity contribution in [2.24, 2.45) is 0 Å². The zero-order valence-electron chi connectivity index (χ0n) is 17.6. The molecule has 0 fully saturated rings. The van der Waals surface area contributed by atoms with Crippen LogP contribution >= 0.6 is 0 Å². The maximum atomic E-state index is 12.0. The van der Waals surface area contributed by atoms with E-state index >= 15 is 0 Å². The van der Waals surface area contributed by atoms with Crippen molar-refractivity contribution in [3.05, 3.63) is 59.7 Å². The van der Waals surface area contributed by atoms with Crippen molar-refractivity contribution in [2.75, 3.05) is 24.4 Å². The van der Waals surface area contributed by atoms with Crippen LogP contribution in [0.3, 0.4) is 0 Å². The first kappa shape index (κ1) is 23.6. The van der Waals surface area contributed by atoms with Crippen LogP contribution in [-0.2, 0) is 30.3 Å². The Hall–Kier alpha value is -3.68. The molecule has 0 aliphatic rings. The van der Waals surface area contributed by atoms with Crippen molar-refractivity contribution in [1.29, 1.82) is 0 Å². The number of carbonyl (C=O) groups excluding carboxylic acids is 4. The van der Waals surface area contributed by atoms with E-state index in [0.29, 0.717) is 16.9 Å². The predicted molar refractivity (Wildman–Crippen MR) is 116 cm³/mol. The van der Waals surface area contributed by atoms with Crippen molar-refractivity contribution < 1.29 is 28.7 Å². The lowest BCUT2D eigenvalue weighted by molar-refractivity contribution is -0.147. The lowest BCUT2D eigenvalue weighted by atomic mass is 10.1. The number of nitrogens with one attached hydrogen (secondary N) is 2. The number of amides is 2. The first-order chi connectivity index (χ1) is 14.9. The molecular weight excluding hydrogens is 400 g/mol. The van der Waals surface area contributed by atoms with E-state index in [1.54, 1.807) is 36.4 Å². The summed E-state index contributed by atoms with van der Waals surface area (Å²) in [5.74, 6) is -1.70. The zero-order chi connectivity index (χ0) is 22.6. The first-order valence-corrected chi connectivity index (χ1v) is 9.94. The average molecular weight is 426 g/mol. The maximum Gasteiger partial charge on any atom is 0.337 e. The number of aryl methyl sites for hydroxylation is 1. The molecule has 0 saturated heterocycles. The number of carbonyl (C=O) groups is 4. The minimum Gasteiger partial charge on any atom is -0.465 e. The molecule has 0 heterocycles. The summed E-state index contributed by atoms with van der Waals surface area (Å²) in [6.45, 7) is 1.66. The molecule has 2 N–H and O–H groups in total. The summed E-state index contributed by atoms with van der Waals surface area (Å²) in [5.41, 5.74) is 2.70. The Balaban J connectivity index is 1.63. The summed E-state index contributed by atoms with van der Waals surface area (Å²) in [6.07, 6.45) is 1.33. The number of ether oxygens (including phenoxy) is 2. The number of hydrogen-bond donors (Lipinski definition) is 2. The molecule has 31 heavy (non-hydrogen) atoms. The fourth-order valence-corrected chi connectivity index (χ4v) is 2.66. The smallest absolute Gasteiger partial charge is 0.337 e. The quantitative estimate of drug-likeness (QED) is 0.564. The molecule has 8 nitrogen and oxygen atoms in total. The van der Waals surface area contributed by atoms with Crippen molar-refractivity contribution in [1.82, 2.24) is 0 Å². The van der Waals surface area contributed by atoms with Crippen LogP contribution in [0.4, 0.5) is 11.4 Å². The van der Waals surface area contributed by atoms with Gasteiger partial charge in [0.25, 0.3) is 5.91 Å². The van der Waals surface area contributed by atoms with Crippen molar-refractivity contribution in [3.63, 3.8) is 0 Å². The van der Waals surface area contributed by atoms with E-state index in [9.17, 15) is 19.2 Å². The van der Waals surface area contributed by atoms with Gasteiger partial charge in [0.1, 0.15) is 0 Å². The Morgan fingerprint density at radius 1 is 0.806 bits per heavy atom. The number of methoxy groups -OCH3 is 1. The van der Waals surface area contributed by atoms with E-state index in [0.717, 1.165) is 12.0 Å². The van der Waals surface area contributed by atoms with E-state index in [-0.39, 0.29) is 31.8 Å². The monoisotopic (exact) mass is 426 g/mol. The Kier molecular flexibility index (Phi) is 9.22. The molecule has 2 amide bonds. The second-order valence-electron chi connectivity index (χ2n) is 6.73. The molecule has 0 aromatic heterocycles. The number of esters is 2. The van der Waals surface area contributed by atoms with Crippen LogP contribution in [0.1, 0.15) is 42.1 Å². The van der Waals surface area contributed by atoms with Gasteiger partial charge < -0.3 is 20.1 Å². The minimum atomic E-state index is -0.549. The molecule has 0 unspecified atom stereocenters. The van der Waals surface area contributed by atoms with Gasteiger partial charge in [-0.15, -0.1) is 0 Å². The van der Waals surface area contributed by atoms with Gasteiger partial charge in [-0.25, -0.2) is 4.79 Å². The van der Waals surface area contributed by atoms with Gasteiger partial charge in [0, 0.05) is 24.2 Å². The van der Waals surface area contributed by atoms with Crippen LogP contribution in [0.2, 0.25) is 0 Å². The summed E-state index contributed by atoms with van der Waals surface area (Å²) in [5, 5.41) is 5.33. The summed E-state index contributed by atoms with van der Waals surface area (Å²) in [7, 11) is 1.29. The SMILES string of the molecule is CCc1ccc(NC(=O)COC(=O)CCCC(=O)Nc2ccc(C(=O)OC)cc2)cc1. The van der Waals surface area contributed by atoms with Crippen molar-refractivity contribution in [3.8, 4) is 0 Å². The van der Waals surface area contributed by atoms with Crippen LogP contribution in [0.5, 0.6) is 0 Å². The predicted octanol–water partition coefficient (Wildman–Crippen LogP) is 3.33. The molecule has 2 aromatic carbocycles. The van der Waals surface area contributed by atoms with Gasteiger partial charge in [-0.2, -0.15) is 0 Å². The highest BCUT2D eigenvalue weighted by Crippen LogP contribution is 2.12. The minimum absolute atomic E-state index is 0.0210. The standard InChI is InChI=1S/C23H26N2O6/c1-3-16-7-11-18(12-8-16)25-21(27)15-31-22(28)6-4-5-20(26)24-19-13-9-17(10-14-19)23(29)30-2/h7-14H,3-6,15H2,1-2H3,(H,24,26)(H,25,27). The summed E-state index contributed by atoms with van der Waals surface area (Å²) < 4.78 is 9.55. The van der Waals surface area contributed by atoms with Crippen LogP contribution in [-0.4, -0.2) is 37.5 Å². The molecule has 0 atom stereocenters. The van der Waals surface area contributed by atoms with Gasteiger partial charge in [-0.05, 0) is 54.8 Å². The van der Waals surface area contributed by atoms with Gasteiger partial charge in [-0.3, -0.25) is 14.4 Å². The number of anilines is 2. The molecular formula is C23H26N2O6. The Morgan fingerprint density at radius 3 is 1.97 bits per heavy atom. The highest BCUT2D eigenvalue weighted by molar-refractivity contribution is 5.94. The van der Waals surface area contributed by atoms with Crippen molar-refractivity contribution >= 4 is 35.1 Å². The van der Waals surface area contributed by atoms with Crippen LogP contribution in [0, 0.1) is 0 Å². The highest BCUT2D eigenvalue weighted by Gasteiger charge is 2.10. The van der Waals surface area contributed by atoms with E-state index in [1.807, 2.05) is 19.1 Å². The second-order valence-corrected chi connectivity index (χ2v) is 6.73. The van der Waals surface area contributed by atoms with E-state index in [2.05, 4.69) is 15.4 Å². The first-order valence-electron chi connectivity index (χ1n) is 9.94. The molecule has 0 spiro atoms. The van der Waals surface area contributed by atoms with E-state index in [1.165, 1.54) is 7.11 Å². The Morgan fingerprint density at radius 2 is 1.39 bits per heavy atom. The normalized spacial score (nSPS) is 10.1. The zero-order valence-corrected chi connectivity index (χ0v) is 17.6. The largest absolute Gasteiger partial charge is 0.465 e. The summed E-state index contributed by atoms with van der Waals surface area (Å²) >= 11 is 0. The van der Waals surface area contributed by atoms with Crippen LogP contribution in [0.15, 0.2) is 48.5 Å². The lowest BCUT2D eigenvalue weighted by Crippen LogP contribution is -2.21. The highest BCUT2D eigenvalue weighted by atomic mass is 16.5. The third kappa shape index (κ3) is 8.30. The van der Waals surface area contributed by atoms with Gasteiger partial charge >= 0.3 is 11.9 Å². The van der Waals surface area contributed by atoms with Gasteiger partial charge in [0.05, 0.1) is 12.7 Å². The number of hydrogen-bond acceptors (Lipinski definition) is 6. The third-order valence-corrected chi connectivity index (χ3v) is 4.38. The summed E-state index contributed by atoms with van der Waals surface area (Å²) in [6, 6.07) is 13.7. The molecule has 0 aliphatic heterocycles. The Bertz CT molecular complexity index is 907.